The minimum absolute atomic E-state index is 0.0317. The molecule has 1 N–H and O–H groups in total. The van der Waals surface area contributed by atoms with Crippen LogP contribution in [0.2, 0.25) is 0 Å². The largest absolute Gasteiger partial charge is 0.507 e. The molecule has 2 rings (SSSR count). The molecule has 1 heterocycles. The van der Waals surface area contributed by atoms with Crippen LogP contribution in [0, 0.1) is 0 Å². The molecule has 0 fully saturated rings. The van der Waals surface area contributed by atoms with Crippen LogP contribution in [-0.4, -0.2) is 16.8 Å². The lowest BCUT2D eigenvalue weighted by Gasteiger charge is -2.02. The number of fused-ring (bicyclic) bond motifs is 1. The molecule has 4 heteroatoms. The maximum atomic E-state index is 11.0. The van der Waals surface area contributed by atoms with E-state index >= 15 is 0 Å². The van der Waals surface area contributed by atoms with E-state index in [9.17, 15) is 9.90 Å². The highest BCUT2D eigenvalue weighted by Gasteiger charge is 2.17. The Hall–Kier alpha value is -1.16. The van der Waals surface area contributed by atoms with Crippen molar-refractivity contribution in [3.63, 3.8) is 0 Å². The third-order valence-corrected chi connectivity index (χ3v) is 2.74. The van der Waals surface area contributed by atoms with Gasteiger partial charge in [-0.3, -0.25) is 4.79 Å². The van der Waals surface area contributed by atoms with Gasteiger partial charge in [0.25, 0.3) is 0 Å². The summed E-state index contributed by atoms with van der Waals surface area (Å²) in [7, 11) is 0. The van der Waals surface area contributed by atoms with Gasteiger partial charge in [-0.05, 0) is 19.1 Å². The first kappa shape index (κ1) is 8.44. The summed E-state index contributed by atoms with van der Waals surface area (Å²) in [5.41, 5.74) is 0.321. The second-order valence-electron chi connectivity index (χ2n) is 2.78. The maximum absolute atomic E-state index is 11.0. The van der Waals surface area contributed by atoms with Crippen LogP contribution in [-0.2, 0) is 0 Å². The van der Waals surface area contributed by atoms with Crippen molar-refractivity contribution >= 4 is 17.5 Å². The number of phenolic OH excluding ortho intramolecular Hbond substituents is 1. The van der Waals surface area contributed by atoms with Crippen molar-refractivity contribution < 1.29 is 14.6 Å². The Morgan fingerprint density at radius 1 is 1.62 bits per heavy atom. The summed E-state index contributed by atoms with van der Waals surface area (Å²) in [6.45, 7) is 1.42. The Kier molecular flexibility index (Phi) is 1.92. The lowest BCUT2D eigenvalue weighted by molar-refractivity contribution is 0.101. The Morgan fingerprint density at radius 3 is 3.08 bits per heavy atom. The molecule has 0 bridgehead atoms. The van der Waals surface area contributed by atoms with E-state index in [0.29, 0.717) is 17.3 Å². The predicted octanol–water partition coefficient (Wildman–Crippen LogP) is 2.04. The van der Waals surface area contributed by atoms with Crippen LogP contribution in [0.1, 0.15) is 17.3 Å². The second-order valence-corrected chi connectivity index (χ2v) is 3.74. The first-order valence-electron chi connectivity index (χ1n) is 3.82. The van der Waals surface area contributed by atoms with Gasteiger partial charge in [-0.2, -0.15) is 0 Å². The van der Waals surface area contributed by atoms with E-state index in [1.165, 1.54) is 18.7 Å². The fraction of sp³-hybridized carbons (Fsp3) is 0.222. The zero-order valence-corrected chi connectivity index (χ0v) is 7.85. The SMILES string of the molecule is CC(=O)c1cc2c(cc1O)SCO2. The van der Waals surface area contributed by atoms with E-state index < -0.39 is 0 Å². The number of thioether (sulfide) groups is 1. The monoisotopic (exact) mass is 196 g/mol. The molecule has 0 saturated carbocycles. The molecule has 0 amide bonds. The van der Waals surface area contributed by atoms with E-state index in [1.807, 2.05) is 0 Å². The molecule has 0 unspecified atom stereocenters. The van der Waals surface area contributed by atoms with Crippen molar-refractivity contribution in [1.29, 1.82) is 0 Å². The Balaban J connectivity index is 2.55. The fourth-order valence-corrected chi connectivity index (χ4v) is 1.98. The molecule has 13 heavy (non-hydrogen) atoms. The number of rotatable bonds is 1. The average Bonchev–Trinajstić information content (AvgIpc) is 2.48. The standard InChI is InChI=1S/C9H8O3S/c1-5(10)6-2-8-9(3-7(6)11)13-4-12-8/h2-3,11H,4H2,1H3. The van der Waals surface area contributed by atoms with Gasteiger partial charge >= 0.3 is 0 Å². The molecule has 68 valence electrons. The molecule has 1 aliphatic heterocycles. The van der Waals surface area contributed by atoms with E-state index in [-0.39, 0.29) is 11.5 Å². The summed E-state index contributed by atoms with van der Waals surface area (Å²) >= 11 is 1.51. The number of aromatic hydroxyl groups is 1. The van der Waals surface area contributed by atoms with Crippen LogP contribution >= 0.6 is 11.8 Å². The second kappa shape index (κ2) is 2.96. The van der Waals surface area contributed by atoms with Crippen LogP contribution in [0.3, 0.4) is 0 Å². The number of phenols is 1. The third-order valence-electron chi connectivity index (χ3n) is 1.87. The van der Waals surface area contributed by atoms with Gasteiger partial charge in [0.2, 0.25) is 0 Å². The topological polar surface area (TPSA) is 46.5 Å². The number of hydrogen-bond donors (Lipinski definition) is 1. The number of ketones is 1. The molecule has 1 aromatic carbocycles. The Bertz CT molecular complexity index is 373. The number of hydrogen-bond acceptors (Lipinski definition) is 4. The van der Waals surface area contributed by atoms with Gasteiger partial charge in [-0.1, -0.05) is 11.8 Å². The zero-order valence-electron chi connectivity index (χ0n) is 7.03. The van der Waals surface area contributed by atoms with Gasteiger partial charge in [-0.25, -0.2) is 0 Å². The predicted molar refractivity (Wildman–Crippen MR) is 49.5 cm³/mol. The van der Waals surface area contributed by atoms with Crippen molar-refractivity contribution in [1.82, 2.24) is 0 Å². The maximum Gasteiger partial charge on any atom is 0.163 e. The van der Waals surface area contributed by atoms with Crippen LogP contribution in [0.25, 0.3) is 0 Å². The summed E-state index contributed by atoms with van der Waals surface area (Å²) in [5.74, 6) is 1.12. The highest BCUT2D eigenvalue weighted by Crippen LogP contribution is 2.40. The third kappa shape index (κ3) is 1.37. The van der Waals surface area contributed by atoms with E-state index in [4.69, 9.17) is 4.74 Å². The Morgan fingerprint density at radius 2 is 2.38 bits per heavy atom. The van der Waals surface area contributed by atoms with Crippen LogP contribution in [0.15, 0.2) is 17.0 Å². The van der Waals surface area contributed by atoms with Crippen LogP contribution < -0.4 is 4.74 Å². The van der Waals surface area contributed by atoms with Gasteiger partial charge in [0.1, 0.15) is 17.4 Å². The van der Waals surface area contributed by atoms with Gasteiger partial charge in [0, 0.05) is 0 Å². The minimum Gasteiger partial charge on any atom is -0.507 e. The summed E-state index contributed by atoms with van der Waals surface area (Å²) in [6, 6.07) is 3.16. The molecule has 1 aromatic rings. The van der Waals surface area contributed by atoms with Crippen molar-refractivity contribution in [2.24, 2.45) is 0 Å². The first-order valence-corrected chi connectivity index (χ1v) is 4.80. The molecule has 0 saturated heterocycles. The quantitative estimate of drug-likeness (QED) is 0.698. The first-order chi connectivity index (χ1) is 6.18. The molecular formula is C9H8O3S. The summed E-state index contributed by atoms with van der Waals surface area (Å²) in [4.78, 5) is 11.9. The molecule has 3 nitrogen and oxygen atoms in total. The average molecular weight is 196 g/mol. The molecule has 0 atom stereocenters. The van der Waals surface area contributed by atoms with E-state index in [0.717, 1.165) is 4.90 Å². The van der Waals surface area contributed by atoms with Gasteiger partial charge in [0.05, 0.1) is 10.5 Å². The van der Waals surface area contributed by atoms with E-state index in [2.05, 4.69) is 0 Å². The zero-order chi connectivity index (χ0) is 9.42. The minimum atomic E-state index is -0.152. The highest BCUT2D eigenvalue weighted by molar-refractivity contribution is 7.99. The number of carbonyl (C=O) groups is 1. The number of ether oxygens (including phenoxy) is 1. The van der Waals surface area contributed by atoms with Gasteiger partial charge < -0.3 is 9.84 Å². The smallest absolute Gasteiger partial charge is 0.163 e. The molecule has 1 aliphatic rings. The molecule has 0 aliphatic carbocycles. The normalized spacial score (nSPS) is 13.6. The van der Waals surface area contributed by atoms with E-state index in [1.54, 1.807) is 12.1 Å². The lowest BCUT2D eigenvalue weighted by Crippen LogP contribution is -1.93. The van der Waals surface area contributed by atoms with Crippen molar-refractivity contribution in [3.05, 3.63) is 17.7 Å². The Labute approximate surface area is 79.7 Å². The molecular weight excluding hydrogens is 188 g/mol. The van der Waals surface area contributed by atoms with Crippen molar-refractivity contribution in [2.45, 2.75) is 11.8 Å². The lowest BCUT2D eigenvalue weighted by atomic mass is 10.1. The number of carbonyl (C=O) groups excluding carboxylic acids is 1. The molecule has 0 spiro atoms. The molecule has 0 aromatic heterocycles. The summed E-state index contributed by atoms with van der Waals surface area (Å²) < 4.78 is 5.24. The molecule has 0 radical (unpaired) electrons. The number of Topliss-reactive ketones (excluding diaryl/α,β-unsaturated/α-hetero) is 1. The summed E-state index contributed by atoms with van der Waals surface area (Å²) in [5, 5.41) is 9.46. The van der Waals surface area contributed by atoms with Crippen LogP contribution in [0.4, 0.5) is 0 Å². The fourth-order valence-electron chi connectivity index (χ4n) is 1.21. The van der Waals surface area contributed by atoms with Gasteiger partial charge in [0.15, 0.2) is 5.78 Å². The van der Waals surface area contributed by atoms with Crippen LogP contribution in [0.5, 0.6) is 11.5 Å². The number of benzene rings is 1. The highest BCUT2D eigenvalue weighted by atomic mass is 32.2. The van der Waals surface area contributed by atoms with Crippen molar-refractivity contribution in [3.8, 4) is 11.5 Å². The summed E-state index contributed by atoms with van der Waals surface area (Å²) in [6.07, 6.45) is 0. The van der Waals surface area contributed by atoms with Crippen molar-refractivity contribution in [2.75, 3.05) is 5.94 Å². The van der Waals surface area contributed by atoms with Gasteiger partial charge in [-0.15, -0.1) is 0 Å².